The predicted molar refractivity (Wildman–Crippen MR) is 196 cm³/mol. The molecule has 2 heterocycles. The van der Waals surface area contributed by atoms with Crippen LogP contribution in [-0.4, -0.2) is 0 Å². The molecule has 7 aromatic carbocycles. The molecule has 8 aromatic rings. The Morgan fingerprint density at radius 2 is 1.19 bits per heavy atom. The van der Waals surface area contributed by atoms with Gasteiger partial charge in [0.1, 0.15) is 5.82 Å². The molecule has 0 unspecified atom stereocenters. The molecule has 1 aliphatic carbocycles. The first-order valence-electron chi connectivity index (χ1n) is 15.8. The Balaban J connectivity index is 1.13. The molecule has 0 atom stereocenters. The van der Waals surface area contributed by atoms with Gasteiger partial charge in [-0.3, -0.25) is 0 Å². The molecule has 4 heteroatoms. The Bertz CT molecular complexity index is 2500. The highest BCUT2D eigenvalue weighted by atomic mass is 32.2. The Morgan fingerprint density at radius 1 is 0.532 bits per heavy atom. The van der Waals surface area contributed by atoms with Crippen molar-refractivity contribution in [1.29, 1.82) is 0 Å². The van der Waals surface area contributed by atoms with Crippen LogP contribution < -0.4 is 5.32 Å². The monoisotopic (exact) mass is 639 g/mol. The molecule has 10 rings (SSSR count). The van der Waals surface area contributed by atoms with E-state index in [1.807, 2.05) is 23.9 Å². The molecule has 0 saturated carbocycles. The summed E-state index contributed by atoms with van der Waals surface area (Å²) in [7, 11) is 0. The summed E-state index contributed by atoms with van der Waals surface area (Å²) in [5.41, 5.74) is 11.9. The minimum absolute atomic E-state index is 0.220. The van der Waals surface area contributed by atoms with E-state index in [1.165, 1.54) is 75.5 Å². The molecule has 0 fully saturated rings. The van der Waals surface area contributed by atoms with Gasteiger partial charge in [-0.2, -0.15) is 0 Å². The summed E-state index contributed by atoms with van der Waals surface area (Å²) >= 11 is 3.65. The number of anilines is 2. The molecule has 0 saturated heterocycles. The number of hydrogen-bond donors (Lipinski definition) is 1. The highest BCUT2D eigenvalue weighted by Gasteiger charge is 2.49. The minimum Gasteiger partial charge on any atom is -0.355 e. The normalized spacial score (nSPS) is 13.7. The van der Waals surface area contributed by atoms with Crippen molar-refractivity contribution in [2.45, 2.75) is 15.2 Å². The van der Waals surface area contributed by atoms with Gasteiger partial charge in [0.25, 0.3) is 0 Å². The SMILES string of the molecule is Fc1ccc(-c2cccc3c2sc2cccc(Nc4ccc5c(c4)Sc4ccccc4C54c5ccccc5-c5ccccc54)c23)cc1. The molecule has 1 nitrogen and oxygen atoms in total. The molecule has 1 aliphatic heterocycles. The minimum atomic E-state index is -0.372. The summed E-state index contributed by atoms with van der Waals surface area (Å²) < 4.78 is 16.2. The summed E-state index contributed by atoms with van der Waals surface area (Å²) in [4.78, 5) is 2.56. The van der Waals surface area contributed by atoms with Crippen LogP contribution in [0.5, 0.6) is 0 Å². The summed E-state index contributed by atoms with van der Waals surface area (Å²) in [5, 5.41) is 6.24. The van der Waals surface area contributed by atoms with Crippen LogP contribution in [0.25, 0.3) is 42.4 Å². The van der Waals surface area contributed by atoms with E-state index in [0.29, 0.717) is 0 Å². The number of thiophene rings is 1. The van der Waals surface area contributed by atoms with Crippen molar-refractivity contribution in [2.24, 2.45) is 0 Å². The maximum Gasteiger partial charge on any atom is 0.123 e. The number of fused-ring (bicyclic) bond motifs is 12. The fourth-order valence-electron chi connectivity index (χ4n) is 7.90. The summed E-state index contributed by atoms with van der Waals surface area (Å²) in [6, 6.07) is 53.4. The van der Waals surface area contributed by atoms with Crippen LogP contribution in [0.3, 0.4) is 0 Å². The van der Waals surface area contributed by atoms with E-state index in [0.717, 1.165) is 22.5 Å². The molecule has 0 radical (unpaired) electrons. The van der Waals surface area contributed by atoms with Crippen molar-refractivity contribution in [3.8, 4) is 22.3 Å². The second-order valence-electron chi connectivity index (χ2n) is 12.2. The smallest absolute Gasteiger partial charge is 0.123 e. The maximum atomic E-state index is 13.7. The standard InChI is InChI=1S/C43H26FNS2/c44-27-21-19-26(20-22-27)29-11-7-12-32-41-37(16-8-18-39(41)47-42(29)32)45-28-23-24-36-40(25-28)46-38-17-6-5-15-35(38)43(36)33-13-3-1-9-30(33)31-10-2-4-14-34(31)43/h1-25,45H. The Morgan fingerprint density at radius 3 is 1.98 bits per heavy atom. The third-order valence-electron chi connectivity index (χ3n) is 9.81. The van der Waals surface area contributed by atoms with Gasteiger partial charge in [-0.15, -0.1) is 11.3 Å². The fourth-order valence-corrected chi connectivity index (χ4v) is 10.4. The van der Waals surface area contributed by atoms with Gasteiger partial charge in [0, 0.05) is 41.3 Å². The average Bonchev–Trinajstić information content (AvgIpc) is 3.64. The number of hydrogen-bond acceptors (Lipinski definition) is 3. The first-order chi connectivity index (χ1) is 23.2. The van der Waals surface area contributed by atoms with Crippen molar-refractivity contribution in [3.05, 3.63) is 180 Å². The van der Waals surface area contributed by atoms with Crippen molar-refractivity contribution in [1.82, 2.24) is 0 Å². The number of halogens is 1. The van der Waals surface area contributed by atoms with E-state index in [9.17, 15) is 4.39 Å². The zero-order chi connectivity index (χ0) is 31.1. The molecule has 47 heavy (non-hydrogen) atoms. The number of benzene rings is 7. The second kappa shape index (κ2) is 10.2. The van der Waals surface area contributed by atoms with Crippen molar-refractivity contribution >= 4 is 54.6 Å². The first-order valence-corrected chi connectivity index (χ1v) is 17.4. The van der Waals surface area contributed by atoms with Gasteiger partial charge in [0.05, 0.1) is 5.41 Å². The molecular formula is C43H26FNS2. The fraction of sp³-hybridized carbons (Fsp3) is 0.0233. The predicted octanol–water partition coefficient (Wildman–Crippen LogP) is 12.4. The largest absolute Gasteiger partial charge is 0.355 e. The van der Waals surface area contributed by atoms with Gasteiger partial charge < -0.3 is 5.32 Å². The number of nitrogens with one attached hydrogen (secondary N) is 1. The molecule has 1 N–H and O–H groups in total. The molecule has 222 valence electrons. The summed E-state index contributed by atoms with van der Waals surface area (Å²) in [6.07, 6.45) is 0. The van der Waals surface area contributed by atoms with Crippen LogP contribution in [0.4, 0.5) is 15.8 Å². The molecule has 1 aromatic heterocycles. The van der Waals surface area contributed by atoms with Crippen LogP contribution >= 0.6 is 23.1 Å². The van der Waals surface area contributed by atoms with Gasteiger partial charge in [-0.25, -0.2) is 4.39 Å². The lowest BCUT2D eigenvalue weighted by Crippen LogP contribution is -2.31. The third-order valence-corrected chi connectivity index (χ3v) is 12.1. The highest BCUT2D eigenvalue weighted by molar-refractivity contribution is 7.99. The number of rotatable bonds is 3. The highest BCUT2D eigenvalue weighted by Crippen LogP contribution is 2.62. The van der Waals surface area contributed by atoms with E-state index < -0.39 is 0 Å². The topological polar surface area (TPSA) is 12.0 Å². The van der Waals surface area contributed by atoms with Gasteiger partial charge in [0.15, 0.2) is 0 Å². The van der Waals surface area contributed by atoms with Crippen molar-refractivity contribution < 1.29 is 4.39 Å². The lowest BCUT2D eigenvalue weighted by Gasteiger charge is -2.39. The van der Waals surface area contributed by atoms with E-state index >= 15 is 0 Å². The molecular weight excluding hydrogens is 614 g/mol. The van der Waals surface area contributed by atoms with Gasteiger partial charge in [0.2, 0.25) is 0 Å². The summed E-state index contributed by atoms with van der Waals surface area (Å²) in [6.45, 7) is 0. The Kier molecular flexibility index (Phi) is 5.84. The maximum absolute atomic E-state index is 13.7. The summed E-state index contributed by atoms with van der Waals surface area (Å²) in [5.74, 6) is -0.220. The quantitative estimate of drug-likeness (QED) is 0.206. The van der Waals surface area contributed by atoms with Gasteiger partial charge in [-0.1, -0.05) is 121 Å². The molecule has 2 aliphatic rings. The molecule has 0 amide bonds. The lowest BCUT2D eigenvalue weighted by atomic mass is 9.67. The van der Waals surface area contributed by atoms with Crippen LogP contribution in [0.1, 0.15) is 22.3 Å². The zero-order valence-electron chi connectivity index (χ0n) is 25.1. The van der Waals surface area contributed by atoms with Crippen molar-refractivity contribution in [2.75, 3.05) is 5.32 Å². The van der Waals surface area contributed by atoms with E-state index in [4.69, 9.17) is 0 Å². The van der Waals surface area contributed by atoms with Crippen LogP contribution in [-0.2, 0) is 5.41 Å². The van der Waals surface area contributed by atoms with E-state index in [1.54, 1.807) is 11.3 Å². The third kappa shape index (κ3) is 3.83. The van der Waals surface area contributed by atoms with E-state index in [2.05, 4.69) is 133 Å². The molecule has 1 spiro atoms. The average molecular weight is 640 g/mol. The lowest BCUT2D eigenvalue weighted by molar-refractivity contribution is 0.628. The van der Waals surface area contributed by atoms with Gasteiger partial charge in [-0.05, 0) is 87.0 Å². The van der Waals surface area contributed by atoms with E-state index in [-0.39, 0.29) is 11.2 Å². The zero-order valence-corrected chi connectivity index (χ0v) is 26.8. The Labute approximate surface area is 280 Å². The van der Waals surface area contributed by atoms with Crippen molar-refractivity contribution in [3.63, 3.8) is 0 Å². The van der Waals surface area contributed by atoms with Crippen LogP contribution in [0.2, 0.25) is 0 Å². The molecule has 0 bridgehead atoms. The second-order valence-corrected chi connectivity index (χ2v) is 14.4. The first kappa shape index (κ1) is 27.0. The Hall–Kier alpha value is -5.16. The van der Waals surface area contributed by atoms with Crippen LogP contribution in [0, 0.1) is 5.82 Å². The van der Waals surface area contributed by atoms with Gasteiger partial charge >= 0.3 is 0 Å². The van der Waals surface area contributed by atoms with Crippen LogP contribution in [0.15, 0.2) is 161 Å².